The molecule has 0 unspecified atom stereocenters. The number of nitrogens with zero attached hydrogens (tertiary/aromatic N) is 2. The molecule has 0 saturated carbocycles. The van der Waals surface area contributed by atoms with Crippen LogP contribution in [0.3, 0.4) is 0 Å². The second-order valence-electron chi connectivity index (χ2n) is 4.78. The molecule has 2 aromatic carbocycles. The highest BCUT2D eigenvalue weighted by atomic mass is 16.6. The SMILES string of the molecule is CNC(=O)/C(=N\OC)c1ccccc1CON=Cc1ccccc1. The van der Waals surface area contributed by atoms with Gasteiger partial charge >= 0.3 is 0 Å². The molecule has 6 heteroatoms. The molecule has 0 saturated heterocycles. The molecule has 2 rings (SSSR count). The van der Waals surface area contributed by atoms with Gasteiger partial charge in [0.25, 0.3) is 5.91 Å². The van der Waals surface area contributed by atoms with Crippen LogP contribution in [0.25, 0.3) is 0 Å². The lowest BCUT2D eigenvalue weighted by Crippen LogP contribution is -2.29. The highest BCUT2D eigenvalue weighted by molar-refractivity contribution is 6.45. The monoisotopic (exact) mass is 325 g/mol. The van der Waals surface area contributed by atoms with Crippen LogP contribution >= 0.6 is 0 Å². The summed E-state index contributed by atoms with van der Waals surface area (Å²) in [4.78, 5) is 22.1. The fraction of sp³-hybridized carbons (Fsp3) is 0.167. The number of carbonyl (C=O) groups excluding carboxylic acids is 1. The summed E-state index contributed by atoms with van der Waals surface area (Å²) in [5.74, 6) is -0.336. The van der Waals surface area contributed by atoms with Gasteiger partial charge in [-0.3, -0.25) is 4.79 Å². The number of amides is 1. The minimum Gasteiger partial charge on any atom is -0.398 e. The molecule has 0 fully saturated rings. The van der Waals surface area contributed by atoms with E-state index in [1.54, 1.807) is 12.3 Å². The summed E-state index contributed by atoms with van der Waals surface area (Å²) in [6, 6.07) is 16.9. The zero-order chi connectivity index (χ0) is 17.2. The largest absolute Gasteiger partial charge is 0.398 e. The van der Waals surface area contributed by atoms with Crippen molar-refractivity contribution < 1.29 is 14.5 Å². The summed E-state index contributed by atoms with van der Waals surface area (Å²) in [5, 5.41) is 10.3. The van der Waals surface area contributed by atoms with E-state index in [9.17, 15) is 4.79 Å². The number of oxime groups is 2. The summed E-state index contributed by atoms with van der Waals surface area (Å²) in [6.45, 7) is 0.208. The van der Waals surface area contributed by atoms with Gasteiger partial charge in [-0.25, -0.2) is 0 Å². The third-order valence-electron chi connectivity index (χ3n) is 3.19. The number of carbonyl (C=O) groups is 1. The summed E-state index contributed by atoms with van der Waals surface area (Å²) in [5.41, 5.74) is 2.54. The molecular formula is C18H19N3O3. The molecule has 24 heavy (non-hydrogen) atoms. The standard InChI is InChI=1S/C18H19N3O3/c1-19-18(22)17(21-23-2)16-11-7-6-10-15(16)13-24-20-12-14-8-4-3-5-9-14/h3-12H,13H2,1-2H3,(H,19,22)/b20-12?,21-17-. The van der Waals surface area contributed by atoms with Crippen molar-refractivity contribution >= 4 is 17.8 Å². The number of hydrogen-bond acceptors (Lipinski definition) is 5. The first kappa shape index (κ1) is 17.2. The van der Waals surface area contributed by atoms with E-state index in [1.807, 2.05) is 48.5 Å². The van der Waals surface area contributed by atoms with Crippen LogP contribution in [0, 0.1) is 0 Å². The van der Waals surface area contributed by atoms with Crippen molar-refractivity contribution in [1.29, 1.82) is 0 Å². The lowest BCUT2D eigenvalue weighted by molar-refractivity contribution is -0.114. The Hall–Kier alpha value is -3.15. The van der Waals surface area contributed by atoms with Crippen molar-refractivity contribution in [3.63, 3.8) is 0 Å². The van der Waals surface area contributed by atoms with Crippen molar-refractivity contribution in [2.75, 3.05) is 14.2 Å². The molecule has 0 aromatic heterocycles. The molecule has 2 aromatic rings. The second kappa shape index (κ2) is 9.09. The van der Waals surface area contributed by atoms with Crippen molar-refractivity contribution in [1.82, 2.24) is 5.32 Å². The zero-order valence-electron chi connectivity index (χ0n) is 13.6. The predicted octanol–water partition coefficient (Wildman–Crippen LogP) is 2.33. The molecular weight excluding hydrogens is 306 g/mol. The van der Waals surface area contributed by atoms with Crippen LogP contribution in [-0.2, 0) is 21.1 Å². The molecule has 6 nitrogen and oxygen atoms in total. The Bertz CT molecular complexity index is 727. The highest BCUT2D eigenvalue weighted by Gasteiger charge is 2.17. The van der Waals surface area contributed by atoms with E-state index >= 15 is 0 Å². The summed E-state index contributed by atoms with van der Waals surface area (Å²) in [6.07, 6.45) is 1.63. The molecule has 0 aliphatic carbocycles. The van der Waals surface area contributed by atoms with E-state index in [1.165, 1.54) is 14.2 Å². The average molecular weight is 325 g/mol. The number of benzene rings is 2. The highest BCUT2D eigenvalue weighted by Crippen LogP contribution is 2.12. The van der Waals surface area contributed by atoms with Crippen molar-refractivity contribution in [3.05, 3.63) is 71.3 Å². The van der Waals surface area contributed by atoms with Crippen LogP contribution < -0.4 is 5.32 Å². The average Bonchev–Trinajstić information content (AvgIpc) is 2.64. The molecule has 124 valence electrons. The molecule has 0 spiro atoms. The summed E-state index contributed by atoms with van der Waals surface area (Å²) in [7, 11) is 2.93. The van der Waals surface area contributed by atoms with Crippen molar-refractivity contribution in [2.24, 2.45) is 10.3 Å². The maximum Gasteiger partial charge on any atom is 0.273 e. The predicted molar refractivity (Wildman–Crippen MR) is 92.9 cm³/mol. The molecule has 0 heterocycles. The Kier molecular flexibility index (Phi) is 6.52. The van der Waals surface area contributed by atoms with E-state index in [0.717, 1.165) is 11.1 Å². The van der Waals surface area contributed by atoms with Crippen molar-refractivity contribution in [2.45, 2.75) is 6.61 Å². The number of likely N-dealkylation sites (N-methyl/N-ethyl adjacent to an activating group) is 1. The molecule has 0 radical (unpaired) electrons. The van der Waals surface area contributed by atoms with Crippen LogP contribution in [0.4, 0.5) is 0 Å². The molecule has 0 aliphatic heterocycles. The number of hydrogen-bond donors (Lipinski definition) is 1. The van der Waals surface area contributed by atoms with E-state index < -0.39 is 0 Å². The topological polar surface area (TPSA) is 72.3 Å². The molecule has 1 amide bonds. The Labute approximate surface area is 140 Å². The first-order valence-corrected chi connectivity index (χ1v) is 7.38. The first-order valence-electron chi connectivity index (χ1n) is 7.38. The third kappa shape index (κ3) is 4.67. The minimum absolute atomic E-state index is 0.186. The molecule has 0 bridgehead atoms. The van der Waals surface area contributed by atoms with Crippen molar-refractivity contribution in [3.8, 4) is 0 Å². The van der Waals surface area contributed by atoms with E-state index in [4.69, 9.17) is 9.68 Å². The van der Waals surface area contributed by atoms with E-state index in [2.05, 4.69) is 15.6 Å². The van der Waals surface area contributed by atoms with Gasteiger partial charge in [0, 0.05) is 18.2 Å². The first-order chi connectivity index (χ1) is 11.8. The maximum absolute atomic E-state index is 12.0. The summed E-state index contributed by atoms with van der Waals surface area (Å²) >= 11 is 0. The molecule has 0 atom stereocenters. The Morgan fingerprint density at radius 2 is 1.83 bits per heavy atom. The van der Waals surface area contributed by atoms with Crippen LogP contribution in [-0.4, -0.2) is 32.0 Å². The number of nitrogens with one attached hydrogen (secondary N) is 1. The Morgan fingerprint density at radius 3 is 2.54 bits per heavy atom. The fourth-order valence-electron chi connectivity index (χ4n) is 2.04. The Balaban J connectivity index is 2.12. The van der Waals surface area contributed by atoms with Crippen LogP contribution in [0.1, 0.15) is 16.7 Å². The quantitative estimate of drug-likeness (QED) is 0.627. The van der Waals surface area contributed by atoms with Crippen LogP contribution in [0.5, 0.6) is 0 Å². The normalized spacial score (nSPS) is 11.3. The second-order valence-corrected chi connectivity index (χ2v) is 4.78. The van der Waals surface area contributed by atoms with Gasteiger partial charge < -0.3 is 15.0 Å². The third-order valence-corrected chi connectivity index (χ3v) is 3.19. The Morgan fingerprint density at radius 1 is 1.12 bits per heavy atom. The zero-order valence-corrected chi connectivity index (χ0v) is 13.6. The van der Waals surface area contributed by atoms with Gasteiger partial charge in [-0.2, -0.15) is 0 Å². The maximum atomic E-state index is 12.0. The fourth-order valence-corrected chi connectivity index (χ4v) is 2.04. The van der Waals surface area contributed by atoms with Gasteiger partial charge in [-0.15, -0.1) is 0 Å². The van der Waals surface area contributed by atoms with Gasteiger partial charge in [0.2, 0.25) is 0 Å². The van der Waals surface area contributed by atoms with Crippen LogP contribution in [0.15, 0.2) is 64.9 Å². The molecule has 1 N–H and O–H groups in total. The lowest BCUT2D eigenvalue weighted by atomic mass is 10.0. The van der Waals surface area contributed by atoms with Gasteiger partial charge in [0.1, 0.15) is 13.7 Å². The van der Waals surface area contributed by atoms with Gasteiger partial charge in [-0.05, 0) is 5.56 Å². The van der Waals surface area contributed by atoms with Gasteiger partial charge in [-0.1, -0.05) is 64.9 Å². The van der Waals surface area contributed by atoms with Gasteiger partial charge in [0.05, 0.1) is 6.21 Å². The van der Waals surface area contributed by atoms with Gasteiger partial charge in [0.15, 0.2) is 5.71 Å². The molecule has 0 aliphatic rings. The van der Waals surface area contributed by atoms with E-state index in [-0.39, 0.29) is 18.2 Å². The lowest BCUT2D eigenvalue weighted by Gasteiger charge is -2.09. The smallest absolute Gasteiger partial charge is 0.273 e. The number of rotatable bonds is 7. The van der Waals surface area contributed by atoms with E-state index in [0.29, 0.717) is 5.56 Å². The minimum atomic E-state index is -0.336. The van der Waals surface area contributed by atoms with Crippen LogP contribution in [0.2, 0.25) is 0 Å². The summed E-state index contributed by atoms with van der Waals surface area (Å²) < 4.78 is 0.